The molecule has 23 heavy (non-hydrogen) atoms. The number of ether oxygens (including phenoxy) is 1. The summed E-state index contributed by atoms with van der Waals surface area (Å²) in [6.07, 6.45) is 10.6. The molecule has 0 unspecified atom stereocenters. The van der Waals surface area contributed by atoms with Gasteiger partial charge in [-0.05, 0) is 64.0 Å². The van der Waals surface area contributed by atoms with Crippen molar-refractivity contribution in [3.8, 4) is 5.75 Å². The maximum absolute atomic E-state index is 12.2. The molecular formula is C20H20O3. The van der Waals surface area contributed by atoms with Crippen LogP contribution in [0.3, 0.4) is 0 Å². The number of allylic oxidation sites excluding steroid dienone is 4. The normalized spacial score (nSPS) is 21.5. The molecule has 0 radical (unpaired) electrons. The summed E-state index contributed by atoms with van der Waals surface area (Å²) in [6, 6.07) is 3.48. The van der Waals surface area contributed by atoms with Gasteiger partial charge in [0, 0.05) is 16.7 Å². The number of benzene rings is 1. The van der Waals surface area contributed by atoms with Crippen molar-refractivity contribution in [2.75, 3.05) is 0 Å². The van der Waals surface area contributed by atoms with Gasteiger partial charge in [-0.25, -0.2) is 0 Å². The first-order valence-corrected chi connectivity index (χ1v) is 7.85. The highest BCUT2D eigenvalue weighted by atomic mass is 16.5. The lowest BCUT2D eigenvalue weighted by molar-refractivity contribution is 0.0990. The molecule has 1 aromatic carbocycles. The van der Waals surface area contributed by atoms with Crippen LogP contribution in [0.2, 0.25) is 0 Å². The fourth-order valence-electron chi connectivity index (χ4n) is 2.98. The Labute approximate surface area is 136 Å². The Hall–Kier alpha value is -2.42. The van der Waals surface area contributed by atoms with E-state index in [2.05, 4.69) is 19.9 Å². The molecule has 0 bridgehead atoms. The van der Waals surface area contributed by atoms with Crippen LogP contribution in [0.1, 0.15) is 59.9 Å². The Morgan fingerprint density at radius 3 is 2.61 bits per heavy atom. The predicted octanol–water partition coefficient (Wildman–Crippen LogP) is 4.53. The molecule has 1 aliphatic heterocycles. The lowest BCUT2D eigenvalue weighted by Crippen LogP contribution is -2.32. The van der Waals surface area contributed by atoms with Gasteiger partial charge in [-0.3, -0.25) is 9.59 Å². The van der Waals surface area contributed by atoms with Crippen molar-refractivity contribution >= 4 is 17.6 Å². The smallest absolute Gasteiger partial charge is 0.187 e. The summed E-state index contributed by atoms with van der Waals surface area (Å²) >= 11 is 0. The van der Waals surface area contributed by atoms with Crippen LogP contribution < -0.4 is 4.74 Å². The number of carbonyl (C=O) groups excluding carboxylic acids is 2. The molecule has 3 rings (SSSR count). The molecule has 0 saturated heterocycles. The van der Waals surface area contributed by atoms with Gasteiger partial charge in [-0.15, -0.1) is 0 Å². The Morgan fingerprint density at radius 1 is 1.13 bits per heavy atom. The van der Waals surface area contributed by atoms with E-state index in [1.54, 1.807) is 12.1 Å². The van der Waals surface area contributed by atoms with Crippen LogP contribution in [-0.4, -0.2) is 17.2 Å². The summed E-state index contributed by atoms with van der Waals surface area (Å²) in [5.74, 6) is 0.396. The minimum absolute atomic E-state index is 0.132. The number of fused-ring (bicyclic) bond motifs is 3. The predicted molar refractivity (Wildman–Crippen MR) is 91.0 cm³/mol. The van der Waals surface area contributed by atoms with Crippen molar-refractivity contribution in [3.63, 3.8) is 0 Å². The maximum atomic E-state index is 12.2. The second-order valence-electron chi connectivity index (χ2n) is 6.53. The SMILES string of the molecule is CC(C)=CCC[C@]1(C)C=Cc2c(ccc3c2C(=O)C=CC3=O)O1. The molecule has 0 N–H and O–H groups in total. The highest BCUT2D eigenvalue weighted by molar-refractivity contribution is 6.23. The second-order valence-corrected chi connectivity index (χ2v) is 6.53. The fraction of sp³-hybridized carbons (Fsp3) is 0.300. The van der Waals surface area contributed by atoms with Crippen molar-refractivity contribution in [2.24, 2.45) is 0 Å². The van der Waals surface area contributed by atoms with Crippen molar-refractivity contribution in [3.05, 3.63) is 58.7 Å². The van der Waals surface area contributed by atoms with Gasteiger partial charge in [-0.1, -0.05) is 17.7 Å². The summed E-state index contributed by atoms with van der Waals surface area (Å²) in [4.78, 5) is 24.1. The molecule has 3 heteroatoms. The van der Waals surface area contributed by atoms with E-state index in [-0.39, 0.29) is 11.6 Å². The molecule has 1 aliphatic carbocycles. The minimum Gasteiger partial charge on any atom is -0.483 e. The van der Waals surface area contributed by atoms with Crippen LogP contribution in [0.5, 0.6) is 5.75 Å². The zero-order chi connectivity index (χ0) is 16.6. The lowest BCUT2D eigenvalue weighted by atomic mass is 9.87. The van der Waals surface area contributed by atoms with Crippen LogP contribution in [0.25, 0.3) is 6.08 Å². The van der Waals surface area contributed by atoms with Crippen molar-refractivity contribution in [1.82, 2.24) is 0 Å². The topological polar surface area (TPSA) is 43.4 Å². The number of rotatable bonds is 3. The third-order valence-electron chi connectivity index (χ3n) is 4.24. The van der Waals surface area contributed by atoms with Gasteiger partial charge in [0.15, 0.2) is 11.6 Å². The van der Waals surface area contributed by atoms with Gasteiger partial charge in [0.05, 0.1) is 0 Å². The average Bonchev–Trinajstić information content (AvgIpc) is 2.49. The molecule has 1 aromatic rings. The Bertz CT molecular complexity index is 776. The fourth-order valence-corrected chi connectivity index (χ4v) is 2.98. The van der Waals surface area contributed by atoms with Crippen molar-refractivity contribution in [2.45, 2.75) is 39.2 Å². The van der Waals surface area contributed by atoms with E-state index in [9.17, 15) is 9.59 Å². The molecule has 0 fully saturated rings. The second kappa shape index (κ2) is 5.65. The average molecular weight is 308 g/mol. The van der Waals surface area contributed by atoms with Gasteiger partial charge < -0.3 is 4.74 Å². The number of ketones is 2. The first-order valence-electron chi connectivity index (χ1n) is 7.85. The van der Waals surface area contributed by atoms with Gasteiger partial charge in [0.1, 0.15) is 11.4 Å². The highest BCUT2D eigenvalue weighted by Gasteiger charge is 2.31. The van der Waals surface area contributed by atoms with Gasteiger partial charge in [0.2, 0.25) is 0 Å². The van der Waals surface area contributed by atoms with E-state index in [0.29, 0.717) is 22.4 Å². The van der Waals surface area contributed by atoms with Gasteiger partial charge >= 0.3 is 0 Å². The maximum Gasteiger partial charge on any atom is 0.187 e. The van der Waals surface area contributed by atoms with E-state index in [4.69, 9.17) is 4.74 Å². The molecule has 3 nitrogen and oxygen atoms in total. The first kappa shape index (κ1) is 15.5. The summed E-state index contributed by atoms with van der Waals surface area (Å²) in [6.45, 7) is 6.20. The standard InChI is InChI=1S/C20H20O3/c1-13(2)5-4-11-20(3)12-10-15-18(23-20)9-6-14-16(21)7-8-17(22)19(14)15/h5-10,12H,4,11H2,1-3H3/t20-/m1/s1. The van der Waals surface area contributed by atoms with Gasteiger partial charge in [0.25, 0.3) is 0 Å². The van der Waals surface area contributed by atoms with Crippen molar-refractivity contribution in [1.29, 1.82) is 0 Å². The van der Waals surface area contributed by atoms with Crippen LogP contribution >= 0.6 is 0 Å². The Morgan fingerprint density at radius 2 is 1.87 bits per heavy atom. The molecule has 1 heterocycles. The van der Waals surface area contributed by atoms with E-state index in [0.717, 1.165) is 12.8 Å². The number of hydrogen-bond donors (Lipinski definition) is 0. The molecule has 0 saturated carbocycles. The summed E-state index contributed by atoms with van der Waals surface area (Å²) in [5, 5.41) is 0. The summed E-state index contributed by atoms with van der Waals surface area (Å²) < 4.78 is 6.15. The molecule has 0 aromatic heterocycles. The van der Waals surface area contributed by atoms with Crippen LogP contribution in [0.15, 0.2) is 42.0 Å². The zero-order valence-corrected chi connectivity index (χ0v) is 13.7. The third-order valence-corrected chi connectivity index (χ3v) is 4.24. The highest BCUT2D eigenvalue weighted by Crippen LogP contribution is 2.38. The Kier molecular flexibility index (Phi) is 3.80. The van der Waals surface area contributed by atoms with E-state index >= 15 is 0 Å². The lowest BCUT2D eigenvalue weighted by Gasteiger charge is -2.32. The monoisotopic (exact) mass is 308 g/mol. The van der Waals surface area contributed by atoms with Crippen LogP contribution in [-0.2, 0) is 0 Å². The number of carbonyl (C=O) groups is 2. The molecule has 1 atom stereocenters. The first-order chi connectivity index (χ1) is 10.9. The van der Waals surface area contributed by atoms with Crippen LogP contribution in [0, 0.1) is 0 Å². The van der Waals surface area contributed by atoms with Crippen LogP contribution in [0.4, 0.5) is 0 Å². The molecule has 2 aliphatic rings. The molecular weight excluding hydrogens is 288 g/mol. The van der Waals surface area contributed by atoms with E-state index in [1.165, 1.54) is 17.7 Å². The quantitative estimate of drug-likeness (QED) is 0.770. The molecule has 0 spiro atoms. The minimum atomic E-state index is -0.398. The molecule has 118 valence electrons. The third kappa shape index (κ3) is 2.91. The molecule has 0 amide bonds. The largest absolute Gasteiger partial charge is 0.483 e. The van der Waals surface area contributed by atoms with E-state index < -0.39 is 5.60 Å². The summed E-state index contributed by atoms with van der Waals surface area (Å²) in [5.41, 5.74) is 2.52. The van der Waals surface area contributed by atoms with E-state index in [1.807, 2.05) is 19.1 Å². The number of hydrogen-bond acceptors (Lipinski definition) is 3. The Balaban J connectivity index is 1.94. The zero-order valence-electron chi connectivity index (χ0n) is 13.7. The van der Waals surface area contributed by atoms with Crippen molar-refractivity contribution < 1.29 is 14.3 Å². The van der Waals surface area contributed by atoms with Gasteiger partial charge in [-0.2, -0.15) is 0 Å². The summed E-state index contributed by atoms with van der Waals surface area (Å²) in [7, 11) is 0.